The number of rotatable bonds is 6. The minimum atomic E-state index is -3.97. The molecule has 0 aliphatic carbocycles. The number of hydrogen-bond acceptors (Lipinski definition) is 3. The number of carboxylic acids is 1. The molecule has 1 N–H and O–H groups in total. The molecule has 0 saturated carbocycles. The van der Waals surface area contributed by atoms with Gasteiger partial charge in [0.2, 0.25) is 0 Å². The molecule has 1 aromatic rings. The minimum Gasteiger partial charge on any atom is -0.481 e. The second-order valence-corrected chi connectivity index (χ2v) is 5.74. The molecule has 1 aromatic carbocycles. The zero-order chi connectivity index (χ0) is 13.8. The van der Waals surface area contributed by atoms with E-state index in [0.717, 1.165) is 0 Å². The smallest absolute Gasteiger partial charge is 0.303 e. The lowest BCUT2D eigenvalue weighted by molar-refractivity contribution is -0.136. The molecule has 0 spiro atoms. The Labute approximate surface area is 103 Å². The molecule has 0 aliphatic rings. The van der Waals surface area contributed by atoms with Gasteiger partial charge in [0.1, 0.15) is 5.75 Å². The van der Waals surface area contributed by atoms with Crippen molar-refractivity contribution in [3.05, 3.63) is 29.8 Å². The van der Waals surface area contributed by atoms with E-state index in [1.54, 1.807) is 0 Å². The van der Waals surface area contributed by atoms with Crippen molar-refractivity contribution in [2.45, 2.75) is 24.2 Å². The summed E-state index contributed by atoms with van der Waals surface area (Å²) in [5, 5.41) is 8.48. The summed E-state index contributed by atoms with van der Waals surface area (Å²) in [4.78, 5) is 10.2. The highest BCUT2D eigenvalue weighted by atomic mass is 32.2. The van der Waals surface area contributed by atoms with Gasteiger partial charge in [-0.15, -0.1) is 0 Å². The molecule has 0 atom stereocenters. The molecule has 0 radical (unpaired) electrons. The van der Waals surface area contributed by atoms with E-state index in [4.69, 9.17) is 5.11 Å². The fraction of sp³-hybridized carbons (Fsp3) is 0.364. The van der Waals surface area contributed by atoms with Crippen LogP contribution >= 0.6 is 0 Å². The lowest BCUT2D eigenvalue weighted by Crippen LogP contribution is -2.13. The van der Waals surface area contributed by atoms with Crippen LogP contribution in [-0.2, 0) is 21.1 Å². The highest BCUT2D eigenvalue weighted by Gasteiger charge is 2.20. The van der Waals surface area contributed by atoms with E-state index in [1.165, 1.54) is 24.3 Å². The Hall–Kier alpha value is -1.50. The molecule has 0 aliphatic heterocycles. The van der Waals surface area contributed by atoms with Crippen molar-refractivity contribution >= 4 is 15.8 Å². The van der Waals surface area contributed by atoms with Gasteiger partial charge in [-0.2, -0.15) is 0 Å². The Bertz CT molecular complexity index is 508. The molecule has 0 saturated heterocycles. The quantitative estimate of drug-likeness (QED) is 0.860. The van der Waals surface area contributed by atoms with Crippen LogP contribution < -0.4 is 0 Å². The second-order valence-electron chi connectivity index (χ2n) is 3.71. The van der Waals surface area contributed by atoms with Crippen molar-refractivity contribution in [2.75, 3.05) is 5.75 Å². The molecule has 100 valence electrons. The molecule has 0 fully saturated rings. The highest BCUT2D eigenvalue weighted by Crippen LogP contribution is 2.15. The van der Waals surface area contributed by atoms with Crippen LogP contribution in [0.1, 0.15) is 12.0 Å². The van der Waals surface area contributed by atoms with Gasteiger partial charge >= 0.3 is 5.97 Å². The third-order valence-corrected chi connectivity index (χ3v) is 3.94. The molecule has 18 heavy (non-hydrogen) atoms. The molecule has 0 bridgehead atoms. The topological polar surface area (TPSA) is 71.4 Å². The van der Waals surface area contributed by atoms with E-state index < -0.39 is 28.0 Å². The summed E-state index contributed by atoms with van der Waals surface area (Å²) in [7, 11) is -3.97. The van der Waals surface area contributed by atoms with Crippen LogP contribution in [0.15, 0.2) is 29.2 Å². The molecule has 0 unspecified atom stereocenters. The maximum Gasteiger partial charge on any atom is 0.303 e. The molecule has 0 heterocycles. The summed E-state index contributed by atoms with van der Waals surface area (Å²) < 4.78 is 47.0. The second kappa shape index (κ2) is 5.90. The number of alkyl halides is 2. The lowest BCUT2D eigenvalue weighted by atomic mass is 10.1. The monoisotopic (exact) mass is 278 g/mol. The van der Waals surface area contributed by atoms with Crippen LogP contribution in [0.2, 0.25) is 0 Å². The summed E-state index contributed by atoms with van der Waals surface area (Å²) in [6.07, 6.45) is -2.71. The van der Waals surface area contributed by atoms with Crippen molar-refractivity contribution < 1.29 is 27.1 Å². The number of carboxylic acid groups (broad SMARTS) is 1. The molecule has 1 rings (SSSR count). The van der Waals surface area contributed by atoms with E-state index in [0.29, 0.717) is 5.56 Å². The van der Waals surface area contributed by atoms with E-state index in [1.807, 2.05) is 0 Å². The maximum absolute atomic E-state index is 12.1. The SMILES string of the molecule is O=C(O)CCc1ccc(S(=O)(=O)CC(F)F)cc1. The zero-order valence-electron chi connectivity index (χ0n) is 9.34. The van der Waals surface area contributed by atoms with Crippen LogP contribution in [-0.4, -0.2) is 31.7 Å². The Balaban J connectivity index is 2.79. The van der Waals surface area contributed by atoms with Crippen LogP contribution in [0.5, 0.6) is 0 Å². The van der Waals surface area contributed by atoms with Crippen molar-refractivity contribution in [2.24, 2.45) is 0 Å². The number of aliphatic carboxylic acids is 1. The van der Waals surface area contributed by atoms with Gasteiger partial charge in [-0.25, -0.2) is 17.2 Å². The average molecular weight is 278 g/mol. The largest absolute Gasteiger partial charge is 0.481 e. The number of benzene rings is 1. The molecular weight excluding hydrogens is 266 g/mol. The minimum absolute atomic E-state index is 0.0663. The van der Waals surface area contributed by atoms with Crippen molar-refractivity contribution in [3.8, 4) is 0 Å². The fourth-order valence-corrected chi connectivity index (χ4v) is 2.45. The molecular formula is C11H12F2O4S. The van der Waals surface area contributed by atoms with Gasteiger partial charge in [-0.3, -0.25) is 4.79 Å². The van der Waals surface area contributed by atoms with E-state index >= 15 is 0 Å². The standard InChI is InChI=1S/C11H12F2O4S/c12-10(13)7-18(16,17)9-4-1-8(2-5-9)3-6-11(14)15/h1-2,4-5,10H,3,6-7H2,(H,14,15). The Morgan fingerprint density at radius 2 is 1.78 bits per heavy atom. The summed E-state index contributed by atoms with van der Waals surface area (Å²) in [5.41, 5.74) is 0.647. The predicted octanol–water partition coefficient (Wildman–Crippen LogP) is 1.74. The van der Waals surface area contributed by atoms with Crippen LogP contribution in [0.3, 0.4) is 0 Å². The van der Waals surface area contributed by atoms with Crippen molar-refractivity contribution in [3.63, 3.8) is 0 Å². The first-order chi connectivity index (χ1) is 8.31. The van der Waals surface area contributed by atoms with Gasteiger partial charge in [-0.05, 0) is 24.1 Å². The maximum atomic E-state index is 12.1. The molecule has 0 aromatic heterocycles. The van der Waals surface area contributed by atoms with Gasteiger partial charge in [0, 0.05) is 6.42 Å². The molecule has 0 amide bonds. The third-order valence-electron chi connectivity index (χ3n) is 2.26. The third kappa shape index (κ3) is 4.40. The zero-order valence-corrected chi connectivity index (χ0v) is 10.2. The van der Waals surface area contributed by atoms with E-state index in [-0.39, 0.29) is 17.7 Å². The predicted molar refractivity (Wildman–Crippen MR) is 60.5 cm³/mol. The number of halogens is 2. The van der Waals surface area contributed by atoms with Gasteiger partial charge < -0.3 is 5.11 Å². The van der Waals surface area contributed by atoms with Gasteiger partial charge in [0.25, 0.3) is 6.43 Å². The Morgan fingerprint density at radius 3 is 2.22 bits per heavy atom. The van der Waals surface area contributed by atoms with Crippen LogP contribution in [0, 0.1) is 0 Å². The number of carbonyl (C=O) groups is 1. The van der Waals surface area contributed by atoms with Gasteiger partial charge in [0.15, 0.2) is 9.84 Å². The summed E-state index contributed by atoms with van der Waals surface area (Å²) in [6, 6.07) is 5.30. The first kappa shape index (κ1) is 14.6. The van der Waals surface area contributed by atoms with Crippen molar-refractivity contribution in [1.82, 2.24) is 0 Å². The summed E-state index contributed by atoms with van der Waals surface area (Å²) >= 11 is 0. The first-order valence-corrected chi connectivity index (χ1v) is 6.78. The average Bonchev–Trinajstić information content (AvgIpc) is 2.25. The summed E-state index contributed by atoms with van der Waals surface area (Å²) in [6.45, 7) is 0. The number of sulfone groups is 1. The Kier molecular flexibility index (Phi) is 4.77. The van der Waals surface area contributed by atoms with Crippen LogP contribution in [0.4, 0.5) is 8.78 Å². The normalized spacial score (nSPS) is 11.7. The number of hydrogen-bond donors (Lipinski definition) is 1. The molecule has 4 nitrogen and oxygen atoms in total. The highest BCUT2D eigenvalue weighted by molar-refractivity contribution is 7.91. The van der Waals surface area contributed by atoms with Gasteiger partial charge in [0.05, 0.1) is 4.90 Å². The summed E-state index contributed by atoms with van der Waals surface area (Å²) in [5.74, 6) is -2.16. The first-order valence-electron chi connectivity index (χ1n) is 5.13. The van der Waals surface area contributed by atoms with E-state index in [2.05, 4.69) is 0 Å². The van der Waals surface area contributed by atoms with Crippen molar-refractivity contribution in [1.29, 1.82) is 0 Å². The van der Waals surface area contributed by atoms with E-state index in [9.17, 15) is 22.0 Å². The lowest BCUT2D eigenvalue weighted by Gasteiger charge is -2.05. The Morgan fingerprint density at radius 1 is 1.22 bits per heavy atom. The fourth-order valence-electron chi connectivity index (χ4n) is 1.38. The van der Waals surface area contributed by atoms with Gasteiger partial charge in [-0.1, -0.05) is 12.1 Å². The number of aryl methyl sites for hydroxylation is 1. The molecule has 7 heteroatoms. The van der Waals surface area contributed by atoms with Crippen LogP contribution in [0.25, 0.3) is 0 Å².